The highest BCUT2D eigenvalue weighted by molar-refractivity contribution is 5.79. The molecule has 0 bridgehead atoms. The summed E-state index contributed by atoms with van der Waals surface area (Å²) in [7, 11) is 1.64. The van der Waals surface area contributed by atoms with E-state index in [1.807, 2.05) is 6.07 Å². The number of carbonyl (C=O) groups is 1. The van der Waals surface area contributed by atoms with E-state index in [1.54, 1.807) is 25.3 Å². The number of benzene rings is 1. The van der Waals surface area contributed by atoms with Crippen LogP contribution in [0.4, 0.5) is 0 Å². The normalized spacial score (nSPS) is 10.6. The maximum absolute atomic E-state index is 10.8. The number of para-hydroxylation sites is 1. The molecule has 0 aromatic heterocycles. The number of hydrogen-bond donors (Lipinski definition) is 0. The maximum atomic E-state index is 10.8. The zero-order chi connectivity index (χ0) is 15.9. The van der Waals surface area contributed by atoms with Crippen molar-refractivity contribution in [2.24, 2.45) is 0 Å². The SMILES string of the molecule is COCCOCCOCCOCCOc1ccccc1C=O. The number of aldehydes is 1. The topological polar surface area (TPSA) is 63.2 Å². The Kier molecular flexibility index (Phi) is 11.2. The number of hydrogen-bond acceptors (Lipinski definition) is 6. The van der Waals surface area contributed by atoms with Crippen LogP contribution < -0.4 is 4.74 Å². The van der Waals surface area contributed by atoms with Crippen molar-refractivity contribution in [3.63, 3.8) is 0 Å². The molecule has 0 amide bonds. The molecule has 0 atom stereocenters. The van der Waals surface area contributed by atoms with E-state index in [4.69, 9.17) is 23.7 Å². The van der Waals surface area contributed by atoms with Gasteiger partial charge in [-0.05, 0) is 12.1 Å². The first-order valence-electron chi connectivity index (χ1n) is 7.27. The van der Waals surface area contributed by atoms with E-state index in [-0.39, 0.29) is 0 Å². The van der Waals surface area contributed by atoms with Gasteiger partial charge in [0.25, 0.3) is 0 Å². The Bertz CT molecular complexity index is 396. The van der Waals surface area contributed by atoms with Crippen LogP contribution in [0, 0.1) is 0 Å². The van der Waals surface area contributed by atoms with Crippen molar-refractivity contribution in [2.45, 2.75) is 0 Å². The molecule has 0 radical (unpaired) electrons. The molecule has 0 aliphatic rings. The quantitative estimate of drug-likeness (QED) is 0.384. The number of methoxy groups -OCH3 is 1. The zero-order valence-corrected chi connectivity index (χ0v) is 13.0. The van der Waals surface area contributed by atoms with Crippen molar-refractivity contribution in [3.8, 4) is 5.75 Å². The van der Waals surface area contributed by atoms with Crippen LogP contribution in [0.1, 0.15) is 10.4 Å². The predicted octanol–water partition coefficient (Wildman–Crippen LogP) is 1.57. The van der Waals surface area contributed by atoms with Gasteiger partial charge in [0, 0.05) is 7.11 Å². The first-order chi connectivity index (χ1) is 10.9. The first-order valence-corrected chi connectivity index (χ1v) is 7.27. The molecule has 0 saturated heterocycles. The summed E-state index contributed by atoms with van der Waals surface area (Å²) in [5.41, 5.74) is 0.541. The van der Waals surface area contributed by atoms with Crippen molar-refractivity contribution in [3.05, 3.63) is 29.8 Å². The van der Waals surface area contributed by atoms with Crippen LogP contribution in [-0.2, 0) is 18.9 Å². The molecule has 0 unspecified atom stereocenters. The van der Waals surface area contributed by atoms with Crippen LogP contribution in [0.2, 0.25) is 0 Å². The minimum absolute atomic E-state index is 0.394. The second-order valence-corrected chi connectivity index (χ2v) is 4.33. The molecule has 124 valence electrons. The summed E-state index contributed by atoms with van der Waals surface area (Å²) in [6, 6.07) is 7.09. The lowest BCUT2D eigenvalue weighted by atomic mass is 10.2. The summed E-state index contributed by atoms with van der Waals surface area (Å²) in [5.74, 6) is 0.575. The van der Waals surface area contributed by atoms with Gasteiger partial charge in [0.15, 0.2) is 6.29 Å². The lowest BCUT2D eigenvalue weighted by Crippen LogP contribution is -2.13. The van der Waals surface area contributed by atoms with Crippen molar-refractivity contribution in [1.82, 2.24) is 0 Å². The molecule has 0 saturated carbocycles. The van der Waals surface area contributed by atoms with E-state index in [1.165, 1.54) is 0 Å². The molecule has 0 spiro atoms. The molecule has 6 heteroatoms. The Labute approximate surface area is 131 Å². The zero-order valence-electron chi connectivity index (χ0n) is 13.0. The Morgan fingerprint density at radius 3 is 1.95 bits per heavy atom. The summed E-state index contributed by atoms with van der Waals surface area (Å²) >= 11 is 0. The molecule has 0 N–H and O–H groups in total. The lowest BCUT2D eigenvalue weighted by Gasteiger charge is -2.09. The average Bonchev–Trinajstić information content (AvgIpc) is 2.56. The van der Waals surface area contributed by atoms with E-state index in [9.17, 15) is 4.79 Å². The highest BCUT2D eigenvalue weighted by atomic mass is 16.6. The van der Waals surface area contributed by atoms with Crippen LogP contribution in [0.5, 0.6) is 5.75 Å². The summed E-state index contributed by atoms with van der Waals surface area (Å²) in [4.78, 5) is 10.8. The molecule has 22 heavy (non-hydrogen) atoms. The van der Waals surface area contributed by atoms with Gasteiger partial charge in [-0.25, -0.2) is 0 Å². The van der Waals surface area contributed by atoms with E-state index in [0.717, 1.165) is 6.29 Å². The van der Waals surface area contributed by atoms with Gasteiger partial charge >= 0.3 is 0 Å². The summed E-state index contributed by atoms with van der Waals surface area (Å²) in [6.07, 6.45) is 0.777. The highest BCUT2D eigenvalue weighted by Crippen LogP contribution is 2.15. The van der Waals surface area contributed by atoms with Gasteiger partial charge < -0.3 is 23.7 Å². The standard InChI is InChI=1S/C16H24O6/c1-18-6-7-19-8-9-20-10-11-21-12-13-22-16-5-3-2-4-15(16)14-17/h2-5,14H,6-13H2,1H3. The third-order valence-corrected chi connectivity index (χ3v) is 2.71. The molecule has 6 nitrogen and oxygen atoms in total. The molecule has 0 fully saturated rings. The van der Waals surface area contributed by atoms with Gasteiger partial charge in [-0.3, -0.25) is 4.79 Å². The van der Waals surface area contributed by atoms with Crippen LogP contribution >= 0.6 is 0 Å². The Hall–Kier alpha value is -1.47. The first kappa shape index (κ1) is 18.6. The van der Waals surface area contributed by atoms with Crippen molar-refractivity contribution < 1.29 is 28.5 Å². The van der Waals surface area contributed by atoms with E-state index in [0.29, 0.717) is 64.2 Å². The fraction of sp³-hybridized carbons (Fsp3) is 0.562. The lowest BCUT2D eigenvalue weighted by molar-refractivity contribution is 0.000146. The van der Waals surface area contributed by atoms with Crippen LogP contribution in [-0.4, -0.2) is 66.3 Å². The van der Waals surface area contributed by atoms with Crippen molar-refractivity contribution in [1.29, 1.82) is 0 Å². The Balaban J connectivity index is 1.90. The maximum Gasteiger partial charge on any atom is 0.153 e. The minimum atomic E-state index is 0.394. The molecular weight excluding hydrogens is 288 g/mol. The summed E-state index contributed by atoms with van der Waals surface area (Å²) < 4.78 is 26.3. The van der Waals surface area contributed by atoms with E-state index < -0.39 is 0 Å². The molecule has 0 aliphatic heterocycles. The second kappa shape index (κ2) is 13.2. The molecule has 1 aromatic rings. The van der Waals surface area contributed by atoms with Crippen LogP contribution in [0.3, 0.4) is 0 Å². The van der Waals surface area contributed by atoms with E-state index >= 15 is 0 Å². The molecule has 0 heterocycles. The monoisotopic (exact) mass is 312 g/mol. The third kappa shape index (κ3) is 8.74. The second-order valence-electron chi connectivity index (χ2n) is 4.33. The highest BCUT2D eigenvalue weighted by Gasteiger charge is 2.00. The molecule has 1 aromatic carbocycles. The van der Waals surface area contributed by atoms with Gasteiger partial charge in [0.05, 0.1) is 51.8 Å². The Morgan fingerprint density at radius 1 is 0.818 bits per heavy atom. The molecule has 0 aliphatic carbocycles. The fourth-order valence-corrected chi connectivity index (χ4v) is 1.60. The third-order valence-electron chi connectivity index (χ3n) is 2.71. The fourth-order valence-electron chi connectivity index (χ4n) is 1.60. The van der Waals surface area contributed by atoms with Crippen LogP contribution in [0.25, 0.3) is 0 Å². The van der Waals surface area contributed by atoms with Crippen molar-refractivity contribution in [2.75, 3.05) is 60.0 Å². The van der Waals surface area contributed by atoms with Gasteiger partial charge in [0.2, 0.25) is 0 Å². The molecule has 1 rings (SSSR count). The van der Waals surface area contributed by atoms with E-state index in [2.05, 4.69) is 0 Å². The van der Waals surface area contributed by atoms with Crippen molar-refractivity contribution >= 4 is 6.29 Å². The molecular formula is C16H24O6. The summed E-state index contributed by atoms with van der Waals surface area (Å²) in [6.45, 7) is 4.11. The van der Waals surface area contributed by atoms with Gasteiger partial charge in [-0.15, -0.1) is 0 Å². The minimum Gasteiger partial charge on any atom is -0.490 e. The average molecular weight is 312 g/mol. The number of ether oxygens (including phenoxy) is 5. The van der Waals surface area contributed by atoms with Gasteiger partial charge in [-0.2, -0.15) is 0 Å². The predicted molar refractivity (Wildman–Crippen MR) is 81.7 cm³/mol. The number of rotatable bonds is 14. The Morgan fingerprint density at radius 2 is 1.36 bits per heavy atom. The van der Waals surface area contributed by atoms with Gasteiger partial charge in [0.1, 0.15) is 12.4 Å². The number of carbonyl (C=O) groups excluding carboxylic acids is 1. The smallest absolute Gasteiger partial charge is 0.153 e. The van der Waals surface area contributed by atoms with Crippen LogP contribution in [0.15, 0.2) is 24.3 Å². The van der Waals surface area contributed by atoms with Gasteiger partial charge in [-0.1, -0.05) is 12.1 Å². The summed E-state index contributed by atoms with van der Waals surface area (Å²) in [5, 5.41) is 0. The largest absolute Gasteiger partial charge is 0.490 e.